The number of hydrogen-bond acceptors (Lipinski definition) is 5. The summed E-state index contributed by atoms with van der Waals surface area (Å²) in [6.45, 7) is 5.08. The number of halogens is 1. The van der Waals surface area contributed by atoms with Gasteiger partial charge < -0.3 is 14.8 Å². The zero-order valence-electron chi connectivity index (χ0n) is 18.5. The lowest BCUT2D eigenvalue weighted by molar-refractivity contribution is 0.618. The first kappa shape index (κ1) is 20.7. The van der Waals surface area contributed by atoms with E-state index in [0.29, 0.717) is 5.69 Å². The van der Waals surface area contributed by atoms with Crippen molar-refractivity contribution in [1.29, 1.82) is 0 Å². The second-order valence-electron chi connectivity index (χ2n) is 8.57. The molecule has 1 aliphatic carbocycles. The van der Waals surface area contributed by atoms with E-state index in [-0.39, 0.29) is 5.82 Å². The minimum atomic E-state index is -0.301. The summed E-state index contributed by atoms with van der Waals surface area (Å²) in [7, 11) is 2.15. The zero-order chi connectivity index (χ0) is 22.2. The highest BCUT2D eigenvalue weighted by molar-refractivity contribution is 7.14. The summed E-state index contributed by atoms with van der Waals surface area (Å²) in [5, 5.41) is 6.20. The lowest BCUT2D eigenvalue weighted by atomic mass is 10.1. The first-order valence-corrected chi connectivity index (χ1v) is 11.7. The number of hydrogen-bond donors (Lipinski definition) is 1. The van der Waals surface area contributed by atoms with Crippen LogP contribution in [-0.4, -0.2) is 28.1 Å². The van der Waals surface area contributed by atoms with E-state index in [0.717, 1.165) is 45.8 Å². The second kappa shape index (κ2) is 8.39. The van der Waals surface area contributed by atoms with Gasteiger partial charge >= 0.3 is 0 Å². The molecule has 0 aliphatic heterocycles. The van der Waals surface area contributed by atoms with Gasteiger partial charge in [-0.25, -0.2) is 14.4 Å². The first-order valence-electron chi connectivity index (χ1n) is 10.8. The Kier molecular flexibility index (Phi) is 5.43. The fourth-order valence-electron chi connectivity index (χ4n) is 3.78. The van der Waals surface area contributed by atoms with E-state index in [4.69, 9.17) is 4.98 Å². The van der Waals surface area contributed by atoms with Crippen molar-refractivity contribution in [2.75, 3.05) is 23.8 Å². The molecule has 0 bridgehead atoms. The van der Waals surface area contributed by atoms with E-state index < -0.39 is 0 Å². The quantitative estimate of drug-likeness (QED) is 0.359. The summed E-state index contributed by atoms with van der Waals surface area (Å²) in [6.07, 6.45) is 6.11. The van der Waals surface area contributed by atoms with Crippen LogP contribution in [-0.2, 0) is 0 Å². The van der Waals surface area contributed by atoms with Crippen LogP contribution in [0.3, 0.4) is 0 Å². The Balaban J connectivity index is 1.34. The number of benzene rings is 2. The predicted molar refractivity (Wildman–Crippen MR) is 130 cm³/mol. The van der Waals surface area contributed by atoms with Gasteiger partial charge in [0.05, 0.1) is 23.4 Å². The summed E-state index contributed by atoms with van der Waals surface area (Å²) in [5.41, 5.74) is 6.24. The van der Waals surface area contributed by atoms with E-state index >= 15 is 0 Å². The molecule has 164 valence electrons. The van der Waals surface area contributed by atoms with Crippen LogP contribution in [0, 0.1) is 25.6 Å². The number of rotatable bonds is 7. The van der Waals surface area contributed by atoms with Gasteiger partial charge in [0.1, 0.15) is 5.82 Å². The number of anilines is 3. The minimum absolute atomic E-state index is 0.301. The third-order valence-corrected chi connectivity index (χ3v) is 6.63. The number of nitrogens with one attached hydrogen (secondary N) is 1. The van der Waals surface area contributed by atoms with Gasteiger partial charge in [0.25, 0.3) is 0 Å². The van der Waals surface area contributed by atoms with Crippen molar-refractivity contribution in [2.45, 2.75) is 26.7 Å². The van der Waals surface area contributed by atoms with Crippen LogP contribution in [0.2, 0.25) is 0 Å². The molecular formula is C25H26FN5S. The van der Waals surface area contributed by atoms with E-state index in [1.807, 2.05) is 24.6 Å². The number of aromatic nitrogens is 3. The average molecular weight is 448 g/mol. The van der Waals surface area contributed by atoms with Gasteiger partial charge in [0, 0.05) is 42.1 Å². The first-order chi connectivity index (χ1) is 15.5. The van der Waals surface area contributed by atoms with Gasteiger partial charge in [-0.3, -0.25) is 0 Å². The maximum Gasteiger partial charge on any atom is 0.187 e. The second-order valence-corrected chi connectivity index (χ2v) is 9.43. The molecule has 1 aliphatic rings. The van der Waals surface area contributed by atoms with Crippen molar-refractivity contribution in [3.63, 3.8) is 0 Å². The SMILES string of the molecule is Cc1cn(-c2ccc(-c3csc(Nc4cc(N(C)CC5CC5)ccc4C)n3)cc2F)cn1. The normalized spacial score (nSPS) is 13.4. The number of nitrogens with zero attached hydrogens (tertiary/aromatic N) is 4. The van der Waals surface area contributed by atoms with Crippen molar-refractivity contribution < 1.29 is 4.39 Å². The summed E-state index contributed by atoms with van der Waals surface area (Å²) >= 11 is 1.52. The molecule has 5 rings (SSSR count). The summed E-state index contributed by atoms with van der Waals surface area (Å²) in [4.78, 5) is 11.2. The smallest absolute Gasteiger partial charge is 0.187 e. The Bertz CT molecular complexity index is 1260. The van der Waals surface area contributed by atoms with Crippen LogP contribution in [0.15, 0.2) is 54.3 Å². The van der Waals surface area contributed by atoms with Crippen molar-refractivity contribution in [3.8, 4) is 16.9 Å². The van der Waals surface area contributed by atoms with E-state index in [2.05, 4.69) is 47.4 Å². The number of imidazole rings is 1. The van der Waals surface area contributed by atoms with Crippen molar-refractivity contribution in [2.24, 2.45) is 5.92 Å². The van der Waals surface area contributed by atoms with Crippen LogP contribution in [0.25, 0.3) is 16.9 Å². The van der Waals surface area contributed by atoms with Gasteiger partial charge in [-0.05, 0) is 62.4 Å². The molecule has 0 spiro atoms. The fraction of sp³-hybridized carbons (Fsp3) is 0.280. The minimum Gasteiger partial charge on any atom is -0.374 e. The molecule has 5 nitrogen and oxygen atoms in total. The van der Waals surface area contributed by atoms with Gasteiger partial charge in [-0.2, -0.15) is 0 Å². The topological polar surface area (TPSA) is 46.0 Å². The van der Waals surface area contributed by atoms with Crippen LogP contribution in [0.1, 0.15) is 24.1 Å². The third-order valence-electron chi connectivity index (χ3n) is 5.87. The molecule has 0 atom stereocenters. The third kappa shape index (κ3) is 4.39. The molecule has 1 fully saturated rings. The predicted octanol–water partition coefficient (Wildman–Crippen LogP) is 6.34. The monoisotopic (exact) mass is 447 g/mol. The molecule has 1 saturated carbocycles. The zero-order valence-corrected chi connectivity index (χ0v) is 19.3. The Morgan fingerprint density at radius 2 is 2.03 bits per heavy atom. The van der Waals surface area contributed by atoms with Crippen molar-refractivity contribution in [1.82, 2.24) is 14.5 Å². The molecule has 0 saturated heterocycles. The lowest BCUT2D eigenvalue weighted by Crippen LogP contribution is -2.19. The largest absolute Gasteiger partial charge is 0.374 e. The Morgan fingerprint density at radius 1 is 1.19 bits per heavy atom. The molecule has 32 heavy (non-hydrogen) atoms. The molecule has 0 amide bonds. The van der Waals surface area contributed by atoms with Gasteiger partial charge in [-0.1, -0.05) is 12.1 Å². The van der Waals surface area contributed by atoms with Crippen molar-refractivity contribution in [3.05, 3.63) is 71.4 Å². The Labute approximate surface area is 191 Å². The van der Waals surface area contributed by atoms with Gasteiger partial charge in [-0.15, -0.1) is 11.3 Å². The van der Waals surface area contributed by atoms with Crippen molar-refractivity contribution >= 4 is 27.8 Å². The standard InChI is InChI=1S/C25H26FN5S/c1-16-4-8-20(30(3)13-18-5-6-18)11-22(16)28-25-29-23(14-32-25)19-7-9-24(21(26)10-19)31-12-17(2)27-15-31/h4,7-12,14-15,18H,5-6,13H2,1-3H3,(H,28,29). The summed E-state index contributed by atoms with van der Waals surface area (Å²) in [5.74, 6) is 0.536. The highest BCUT2D eigenvalue weighted by Gasteiger charge is 2.23. The van der Waals surface area contributed by atoms with Crippen LogP contribution >= 0.6 is 11.3 Å². The summed E-state index contributed by atoms with van der Waals surface area (Å²) in [6, 6.07) is 11.7. The summed E-state index contributed by atoms with van der Waals surface area (Å²) < 4.78 is 16.5. The van der Waals surface area contributed by atoms with Crippen LogP contribution in [0.5, 0.6) is 0 Å². The lowest BCUT2D eigenvalue weighted by Gasteiger charge is -2.20. The molecule has 0 unspecified atom stereocenters. The van der Waals surface area contributed by atoms with Gasteiger partial charge in [0.2, 0.25) is 0 Å². The molecular weight excluding hydrogens is 421 g/mol. The number of aryl methyl sites for hydroxylation is 2. The number of thiazole rings is 1. The highest BCUT2D eigenvalue weighted by Crippen LogP contribution is 2.34. The molecule has 2 heterocycles. The molecule has 1 N–H and O–H groups in total. The van der Waals surface area contributed by atoms with Crippen LogP contribution < -0.4 is 10.2 Å². The van der Waals surface area contributed by atoms with E-state index in [9.17, 15) is 4.39 Å². The average Bonchev–Trinajstić information content (AvgIpc) is 3.28. The molecule has 4 aromatic rings. The fourth-order valence-corrected chi connectivity index (χ4v) is 4.51. The molecule has 0 radical (unpaired) electrons. The molecule has 2 aromatic heterocycles. The highest BCUT2D eigenvalue weighted by atomic mass is 32.1. The maximum atomic E-state index is 14.8. The van der Waals surface area contributed by atoms with Crippen LogP contribution in [0.4, 0.5) is 20.9 Å². The molecule has 2 aromatic carbocycles. The molecule has 7 heteroatoms. The Morgan fingerprint density at radius 3 is 2.75 bits per heavy atom. The Hall–Kier alpha value is -3.19. The van der Waals surface area contributed by atoms with E-state index in [1.165, 1.54) is 35.9 Å². The van der Waals surface area contributed by atoms with Gasteiger partial charge in [0.15, 0.2) is 5.13 Å². The van der Waals surface area contributed by atoms with E-state index in [1.54, 1.807) is 17.0 Å². The maximum absolute atomic E-state index is 14.8.